The maximum Gasteiger partial charge on any atom is 0.332 e. The van der Waals surface area contributed by atoms with Crippen molar-refractivity contribution >= 4 is 22.5 Å². The van der Waals surface area contributed by atoms with Crippen LogP contribution in [0.3, 0.4) is 0 Å². The molecule has 0 spiro atoms. The number of hydrogen-bond donors (Lipinski definition) is 2. The number of nitrogens with one attached hydrogen (secondary N) is 1. The third-order valence-corrected chi connectivity index (χ3v) is 8.89. The molecule has 3 atom stereocenters. The highest BCUT2D eigenvalue weighted by molar-refractivity contribution is 7.10. The zero-order valence-electron chi connectivity index (χ0n) is 19.6. The van der Waals surface area contributed by atoms with Crippen molar-refractivity contribution in [3.63, 3.8) is 0 Å². The lowest BCUT2D eigenvalue weighted by molar-refractivity contribution is 0.181. The van der Waals surface area contributed by atoms with Gasteiger partial charge in [-0.25, -0.2) is 9.78 Å². The van der Waals surface area contributed by atoms with E-state index < -0.39 is 0 Å². The standard InChI is InChI=1S/C25H35N5O2S/c1-3-9-29-23-21(24(31)30(10-4-2)25(29)32)27-22(28-23)17-12-15-7-8-16(13-17)18(15)14-19(26)20-6-5-11-33-20/h5-6,11,15-19H,3-4,7-10,12-14,26H2,1-2H3,(H,27,28). The van der Waals surface area contributed by atoms with Gasteiger partial charge in [-0.15, -0.1) is 11.3 Å². The lowest BCUT2D eigenvalue weighted by Gasteiger charge is -2.35. The van der Waals surface area contributed by atoms with Crippen molar-refractivity contribution in [1.29, 1.82) is 0 Å². The number of nitrogens with zero attached hydrogens (tertiary/aromatic N) is 3. The van der Waals surface area contributed by atoms with Crippen LogP contribution in [0, 0.1) is 17.8 Å². The quantitative estimate of drug-likeness (QED) is 0.511. The van der Waals surface area contributed by atoms with E-state index in [4.69, 9.17) is 10.7 Å². The Morgan fingerprint density at radius 2 is 1.85 bits per heavy atom. The summed E-state index contributed by atoms with van der Waals surface area (Å²) in [7, 11) is 0. The first-order valence-corrected chi connectivity index (χ1v) is 13.4. The van der Waals surface area contributed by atoms with Crippen LogP contribution in [-0.4, -0.2) is 19.1 Å². The molecular weight excluding hydrogens is 434 g/mol. The summed E-state index contributed by atoms with van der Waals surface area (Å²) in [6, 6.07) is 4.36. The molecule has 0 aliphatic heterocycles. The molecule has 2 aliphatic rings. The smallest absolute Gasteiger partial charge is 0.332 e. The highest BCUT2D eigenvalue weighted by Crippen LogP contribution is 2.54. The zero-order chi connectivity index (χ0) is 23.1. The molecule has 3 unspecified atom stereocenters. The van der Waals surface area contributed by atoms with Crippen molar-refractivity contribution in [3.05, 3.63) is 49.1 Å². The number of aryl methyl sites for hydroxylation is 1. The normalized spacial score (nSPS) is 25.7. The van der Waals surface area contributed by atoms with E-state index in [0.717, 1.165) is 37.9 Å². The number of aromatic nitrogens is 4. The molecular formula is C25H35N5O2S. The highest BCUT2D eigenvalue weighted by Gasteiger charge is 2.44. The third kappa shape index (κ3) is 4.01. The van der Waals surface area contributed by atoms with E-state index in [9.17, 15) is 9.59 Å². The monoisotopic (exact) mass is 469 g/mol. The Kier molecular flexibility index (Phi) is 6.31. The number of fused-ring (bicyclic) bond motifs is 3. The van der Waals surface area contributed by atoms with Gasteiger partial charge in [-0.05, 0) is 74.1 Å². The number of imidazole rings is 1. The van der Waals surface area contributed by atoms with Gasteiger partial charge in [0.25, 0.3) is 5.56 Å². The van der Waals surface area contributed by atoms with E-state index in [-0.39, 0.29) is 17.3 Å². The maximum absolute atomic E-state index is 13.1. The van der Waals surface area contributed by atoms with Gasteiger partial charge in [0, 0.05) is 29.9 Å². The molecule has 0 aromatic carbocycles. The summed E-state index contributed by atoms with van der Waals surface area (Å²) in [6.45, 7) is 5.03. The molecule has 3 aromatic heterocycles. The zero-order valence-corrected chi connectivity index (χ0v) is 20.4. The van der Waals surface area contributed by atoms with Crippen molar-refractivity contribution < 1.29 is 0 Å². The van der Waals surface area contributed by atoms with Crippen molar-refractivity contribution in [2.75, 3.05) is 0 Å². The topological polar surface area (TPSA) is 98.7 Å². The second kappa shape index (κ2) is 9.22. The minimum absolute atomic E-state index is 0.126. The number of thiophene rings is 1. The molecule has 2 saturated carbocycles. The van der Waals surface area contributed by atoms with Gasteiger partial charge in [0.15, 0.2) is 5.65 Å². The van der Waals surface area contributed by atoms with Crippen LogP contribution in [0.1, 0.15) is 81.5 Å². The van der Waals surface area contributed by atoms with E-state index >= 15 is 0 Å². The van der Waals surface area contributed by atoms with Crippen LogP contribution in [-0.2, 0) is 13.1 Å². The van der Waals surface area contributed by atoms with E-state index in [1.807, 2.05) is 13.8 Å². The molecule has 0 saturated heterocycles. The summed E-state index contributed by atoms with van der Waals surface area (Å²) >= 11 is 1.76. The predicted molar refractivity (Wildman–Crippen MR) is 133 cm³/mol. The maximum atomic E-state index is 13.1. The Bertz CT molecular complexity index is 1210. The third-order valence-electron chi connectivity index (χ3n) is 7.89. The molecule has 2 aliphatic carbocycles. The molecule has 2 bridgehead atoms. The first-order valence-electron chi connectivity index (χ1n) is 12.5. The molecule has 3 N–H and O–H groups in total. The van der Waals surface area contributed by atoms with E-state index in [1.165, 1.54) is 22.3 Å². The summed E-state index contributed by atoms with van der Waals surface area (Å²) in [4.78, 5) is 35.6. The van der Waals surface area contributed by atoms with Crippen LogP contribution in [0.4, 0.5) is 0 Å². The summed E-state index contributed by atoms with van der Waals surface area (Å²) < 4.78 is 3.05. The van der Waals surface area contributed by atoms with Crippen molar-refractivity contribution in [3.8, 4) is 0 Å². The van der Waals surface area contributed by atoms with E-state index in [0.29, 0.717) is 47.9 Å². The van der Waals surface area contributed by atoms with Gasteiger partial charge < -0.3 is 10.7 Å². The molecule has 0 radical (unpaired) electrons. The molecule has 2 fully saturated rings. The molecule has 0 amide bonds. The Hall–Kier alpha value is -2.19. The second-order valence-electron chi connectivity index (χ2n) is 10.00. The number of nitrogens with two attached hydrogens (primary N) is 1. The number of rotatable bonds is 8. The van der Waals surface area contributed by atoms with Crippen molar-refractivity contribution in [2.24, 2.45) is 23.5 Å². The SMILES string of the molecule is CCCn1c(=O)c2[nH]c(C3CC4CCC(C3)C4CC(N)c3cccs3)nc2n(CCC)c1=O. The summed E-state index contributed by atoms with van der Waals surface area (Å²) in [5, 5.41) is 2.11. The fraction of sp³-hybridized carbons (Fsp3) is 0.640. The Morgan fingerprint density at radius 1 is 1.15 bits per heavy atom. The Morgan fingerprint density at radius 3 is 2.48 bits per heavy atom. The molecule has 5 rings (SSSR count). The van der Waals surface area contributed by atoms with E-state index in [2.05, 4.69) is 22.5 Å². The molecule has 3 heterocycles. The Labute approximate surface area is 198 Å². The second-order valence-corrected chi connectivity index (χ2v) is 11.0. The number of aromatic amines is 1. The predicted octanol–water partition coefficient (Wildman–Crippen LogP) is 4.38. The largest absolute Gasteiger partial charge is 0.336 e. The first-order chi connectivity index (χ1) is 16.0. The van der Waals surface area contributed by atoms with Crippen LogP contribution >= 0.6 is 11.3 Å². The van der Waals surface area contributed by atoms with Gasteiger partial charge in [-0.2, -0.15) is 0 Å². The average molecular weight is 470 g/mol. The van der Waals surface area contributed by atoms with Crippen LogP contribution in [0.5, 0.6) is 0 Å². The number of hydrogen-bond acceptors (Lipinski definition) is 5. The van der Waals surface area contributed by atoms with Gasteiger partial charge in [-0.1, -0.05) is 19.9 Å². The van der Waals surface area contributed by atoms with Crippen LogP contribution in [0.25, 0.3) is 11.2 Å². The molecule has 3 aromatic rings. The van der Waals surface area contributed by atoms with Crippen LogP contribution in [0.2, 0.25) is 0 Å². The van der Waals surface area contributed by atoms with Crippen molar-refractivity contribution in [2.45, 2.75) is 83.8 Å². The van der Waals surface area contributed by atoms with Gasteiger partial charge in [0.2, 0.25) is 0 Å². The molecule has 178 valence electrons. The lowest BCUT2D eigenvalue weighted by atomic mass is 9.70. The minimum atomic E-state index is -0.236. The minimum Gasteiger partial charge on any atom is -0.336 e. The van der Waals surface area contributed by atoms with Gasteiger partial charge in [-0.3, -0.25) is 13.9 Å². The average Bonchev–Trinajstić information content (AvgIpc) is 3.53. The highest BCUT2D eigenvalue weighted by atomic mass is 32.1. The van der Waals surface area contributed by atoms with Gasteiger partial charge in [0.05, 0.1) is 0 Å². The van der Waals surface area contributed by atoms with Crippen LogP contribution < -0.4 is 17.0 Å². The summed E-state index contributed by atoms with van der Waals surface area (Å²) in [5.41, 5.74) is 7.10. The molecule has 8 heteroatoms. The fourth-order valence-corrected chi connectivity index (χ4v) is 7.14. The molecule has 7 nitrogen and oxygen atoms in total. The number of H-pyrrole nitrogens is 1. The van der Waals surface area contributed by atoms with Gasteiger partial charge >= 0.3 is 5.69 Å². The Balaban J connectivity index is 1.43. The summed E-state index contributed by atoms with van der Waals surface area (Å²) in [5.74, 6) is 3.18. The lowest BCUT2D eigenvalue weighted by Crippen LogP contribution is -2.40. The summed E-state index contributed by atoms with van der Waals surface area (Å²) in [6.07, 6.45) is 7.30. The van der Waals surface area contributed by atoms with E-state index in [1.54, 1.807) is 15.9 Å². The first kappa shape index (κ1) is 22.6. The molecule has 33 heavy (non-hydrogen) atoms. The fourth-order valence-electron chi connectivity index (χ4n) is 6.40. The van der Waals surface area contributed by atoms with Crippen molar-refractivity contribution in [1.82, 2.24) is 19.1 Å². The van der Waals surface area contributed by atoms with Crippen LogP contribution in [0.15, 0.2) is 27.1 Å². The van der Waals surface area contributed by atoms with Gasteiger partial charge in [0.1, 0.15) is 11.3 Å².